The SMILES string of the molecule is Cc1cc(C(=O)NCC(=O)NC2CC2)sc1C#CCO. The second kappa shape index (κ2) is 6.55. The number of amides is 2. The molecular weight excluding hydrogens is 276 g/mol. The number of aliphatic hydroxyl groups is 1. The Kier molecular flexibility index (Phi) is 4.77. The summed E-state index contributed by atoms with van der Waals surface area (Å²) in [5, 5.41) is 14.1. The summed E-state index contributed by atoms with van der Waals surface area (Å²) >= 11 is 1.26. The molecule has 2 rings (SSSR count). The third kappa shape index (κ3) is 4.08. The summed E-state index contributed by atoms with van der Waals surface area (Å²) in [6, 6.07) is 2.03. The lowest BCUT2D eigenvalue weighted by Gasteiger charge is -2.04. The van der Waals surface area contributed by atoms with Crippen molar-refractivity contribution in [2.45, 2.75) is 25.8 Å². The van der Waals surface area contributed by atoms with Crippen molar-refractivity contribution in [1.82, 2.24) is 10.6 Å². The standard InChI is InChI=1S/C14H16N2O3S/c1-9-7-12(20-11(9)3-2-6-17)14(19)15-8-13(18)16-10-4-5-10/h7,10,17H,4-6,8H2,1H3,(H,15,19)(H,16,18). The van der Waals surface area contributed by atoms with E-state index in [0.29, 0.717) is 10.9 Å². The molecule has 106 valence electrons. The second-order valence-electron chi connectivity index (χ2n) is 4.61. The lowest BCUT2D eigenvalue weighted by Crippen LogP contribution is -2.37. The molecule has 0 saturated heterocycles. The van der Waals surface area contributed by atoms with Gasteiger partial charge in [-0.05, 0) is 31.4 Å². The number of carbonyl (C=O) groups is 2. The maximum absolute atomic E-state index is 11.9. The predicted molar refractivity (Wildman–Crippen MR) is 76.5 cm³/mol. The minimum atomic E-state index is -0.277. The summed E-state index contributed by atoms with van der Waals surface area (Å²) in [7, 11) is 0. The Labute approximate surface area is 121 Å². The fourth-order valence-corrected chi connectivity index (χ4v) is 2.56. The Hall–Kier alpha value is -1.84. The highest BCUT2D eigenvalue weighted by Gasteiger charge is 2.23. The zero-order valence-corrected chi connectivity index (χ0v) is 12.0. The van der Waals surface area contributed by atoms with E-state index >= 15 is 0 Å². The zero-order valence-electron chi connectivity index (χ0n) is 11.2. The molecule has 0 aliphatic heterocycles. The van der Waals surface area contributed by atoms with E-state index < -0.39 is 0 Å². The number of rotatable bonds is 4. The molecule has 2 amide bonds. The van der Waals surface area contributed by atoms with Crippen molar-refractivity contribution in [2.75, 3.05) is 13.2 Å². The zero-order chi connectivity index (χ0) is 14.5. The molecular formula is C14H16N2O3S. The van der Waals surface area contributed by atoms with E-state index in [9.17, 15) is 9.59 Å². The van der Waals surface area contributed by atoms with Crippen LogP contribution in [-0.4, -0.2) is 36.1 Å². The summed E-state index contributed by atoms with van der Waals surface area (Å²) in [5.41, 5.74) is 0.892. The highest BCUT2D eigenvalue weighted by atomic mass is 32.1. The van der Waals surface area contributed by atoms with E-state index in [-0.39, 0.29) is 25.0 Å². The average molecular weight is 292 g/mol. The smallest absolute Gasteiger partial charge is 0.261 e. The molecule has 1 aliphatic carbocycles. The van der Waals surface area contributed by atoms with Gasteiger partial charge in [-0.2, -0.15) is 0 Å². The number of hydrogen-bond donors (Lipinski definition) is 3. The first kappa shape index (κ1) is 14.6. The van der Waals surface area contributed by atoms with Crippen molar-refractivity contribution >= 4 is 23.2 Å². The van der Waals surface area contributed by atoms with E-state index in [4.69, 9.17) is 5.11 Å². The average Bonchev–Trinajstić information content (AvgIpc) is 3.15. The number of nitrogens with one attached hydrogen (secondary N) is 2. The Morgan fingerprint density at radius 1 is 1.50 bits per heavy atom. The number of aliphatic hydroxyl groups excluding tert-OH is 1. The van der Waals surface area contributed by atoms with Crippen LogP contribution in [0.3, 0.4) is 0 Å². The van der Waals surface area contributed by atoms with Crippen molar-refractivity contribution in [3.05, 3.63) is 21.4 Å². The fourth-order valence-electron chi connectivity index (χ4n) is 1.59. The van der Waals surface area contributed by atoms with Crippen molar-refractivity contribution in [2.24, 2.45) is 0 Å². The highest BCUT2D eigenvalue weighted by molar-refractivity contribution is 7.14. The molecule has 1 fully saturated rings. The van der Waals surface area contributed by atoms with Crippen LogP contribution in [0.25, 0.3) is 0 Å². The molecule has 0 atom stereocenters. The minimum absolute atomic E-state index is 0.00999. The third-order valence-electron chi connectivity index (χ3n) is 2.77. The predicted octanol–water partition coefficient (Wildman–Crippen LogP) is 0.409. The Morgan fingerprint density at radius 2 is 2.25 bits per heavy atom. The summed E-state index contributed by atoms with van der Waals surface area (Å²) in [6.45, 7) is 1.64. The first-order chi connectivity index (χ1) is 9.60. The van der Waals surface area contributed by atoms with Crippen LogP contribution in [0.4, 0.5) is 0 Å². The molecule has 6 heteroatoms. The van der Waals surface area contributed by atoms with Crippen molar-refractivity contribution in [3.63, 3.8) is 0 Å². The van der Waals surface area contributed by atoms with Crippen LogP contribution in [0.1, 0.15) is 33.0 Å². The van der Waals surface area contributed by atoms with Gasteiger partial charge in [0, 0.05) is 6.04 Å². The first-order valence-corrected chi connectivity index (χ1v) is 7.19. The van der Waals surface area contributed by atoms with Crippen molar-refractivity contribution in [3.8, 4) is 11.8 Å². The molecule has 0 unspecified atom stereocenters. The van der Waals surface area contributed by atoms with Gasteiger partial charge in [0.05, 0.1) is 16.3 Å². The molecule has 1 aromatic heterocycles. The minimum Gasteiger partial charge on any atom is -0.384 e. The summed E-state index contributed by atoms with van der Waals surface area (Å²) < 4.78 is 0. The summed E-state index contributed by atoms with van der Waals surface area (Å²) in [5.74, 6) is 4.92. The fraction of sp³-hybridized carbons (Fsp3) is 0.429. The van der Waals surface area contributed by atoms with Gasteiger partial charge in [0.25, 0.3) is 5.91 Å². The summed E-state index contributed by atoms with van der Waals surface area (Å²) in [6.07, 6.45) is 2.05. The van der Waals surface area contributed by atoms with Crippen molar-refractivity contribution in [1.29, 1.82) is 0 Å². The topological polar surface area (TPSA) is 78.4 Å². The van der Waals surface area contributed by atoms with Gasteiger partial charge in [-0.1, -0.05) is 11.8 Å². The van der Waals surface area contributed by atoms with Crippen LogP contribution in [0.15, 0.2) is 6.07 Å². The lowest BCUT2D eigenvalue weighted by atomic mass is 10.2. The molecule has 20 heavy (non-hydrogen) atoms. The maximum Gasteiger partial charge on any atom is 0.261 e. The number of thiophene rings is 1. The third-order valence-corrected chi connectivity index (χ3v) is 3.93. The van der Waals surface area contributed by atoms with E-state index in [1.807, 2.05) is 6.92 Å². The monoisotopic (exact) mass is 292 g/mol. The van der Waals surface area contributed by atoms with Gasteiger partial charge in [0.15, 0.2) is 0 Å². The molecule has 1 aliphatic rings. The van der Waals surface area contributed by atoms with Gasteiger partial charge in [0.2, 0.25) is 5.91 Å². The second-order valence-corrected chi connectivity index (χ2v) is 5.66. The van der Waals surface area contributed by atoms with Crippen LogP contribution in [0.2, 0.25) is 0 Å². The van der Waals surface area contributed by atoms with E-state index in [1.165, 1.54) is 11.3 Å². The van der Waals surface area contributed by atoms with Crippen molar-refractivity contribution < 1.29 is 14.7 Å². The number of hydrogen-bond acceptors (Lipinski definition) is 4. The normalized spacial score (nSPS) is 13.3. The Balaban J connectivity index is 1.89. The van der Waals surface area contributed by atoms with E-state index in [2.05, 4.69) is 22.5 Å². The van der Waals surface area contributed by atoms with Crippen LogP contribution in [0.5, 0.6) is 0 Å². The molecule has 0 aromatic carbocycles. The van der Waals surface area contributed by atoms with Crippen LogP contribution in [0, 0.1) is 18.8 Å². The van der Waals surface area contributed by atoms with Crippen LogP contribution in [-0.2, 0) is 4.79 Å². The van der Waals surface area contributed by atoms with Gasteiger partial charge in [0.1, 0.15) is 6.61 Å². The molecule has 1 saturated carbocycles. The van der Waals surface area contributed by atoms with E-state index in [0.717, 1.165) is 23.3 Å². The molecule has 0 radical (unpaired) electrons. The van der Waals surface area contributed by atoms with Gasteiger partial charge in [-0.25, -0.2) is 0 Å². The van der Waals surface area contributed by atoms with Gasteiger partial charge >= 0.3 is 0 Å². The van der Waals surface area contributed by atoms with Gasteiger partial charge in [-0.3, -0.25) is 9.59 Å². The molecule has 5 nitrogen and oxygen atoms in total. The maximum atomic E-state index is 11.9. The number of carbonyl (C=O) groups excluding carboxylic acids is 2. The van der Waals surface area contributed by atoms with Crippen LogP contribution < -0.4 is 10.6 Å². The lowest BCUT2D eigenvalue weighted by molar-refractivity contribution is -0.120. The van der Waals surface area contributed by atoms with Gasteiger partial charge < -0.3 is 15.7 Å². The summed E-state index contributed by atoms with van der Waals surface area (Å²) in [4.78, 5) is 24.7. The Morgan fingerprint density at radius 3 is 2.90 bits per heavy atom. The number of aryl methyl sites for hydroxylation is 1. The van der Waals surface area contributed by atoms with Crippen LogP contribution >= 0.6 is 11.3 Å². The molecule has 0 bridgehead atoms. The first-order valence-electron chi connectivity index (χ1n) is 6.38. The van der Waals surface area contributed by atoms with E-state index in [1.54, 1.807) is 6.07 Å². The molecule has 3 N–H and O–H groups in total. The molecule has 0 spiro atoms. The largest absolute Gasteiger partial charge is 0.384 e. The Bertz CT molecular complexity index is 579. The molecule has 1 heterocycles. The quantitative estimate of drug-likeness (QED) is 0.703. The van der Waals surface area contributed by atoms with Gasteiger partial charge in [-0.15, -0.1) is 11.3 Å². The highest BCUT2D eigenvalue weighted by Crippen LogP contribution is 2.21. The molecule has 1 aromatic rings.